The highest BCUT2D eigenvalue weighted by Gasteiger charge is 2.17. The van der Waals surface area contributed by atoms with Crippen LogP contribution in [0.1, 0.15) is 10.4 Å². The number of nitrogens with one attached hydrogen (secondary N) is 2. The van der Waals surface area contributed by atoms with E-state index < -0.39 is 28.5 Å². The Balaban J connectivity index is 1.59. The lowest BCUT2D eigenvalue weighted by Crippen LogP contribution is -2.21. The van der Waals surface area contributed by atoms with Gasteiger partial charge in [0.25, 0.3) is 5.91 Å². The van der Waals surface area contributed by atoms with E-state index in [1.54, 1.807) is 18.2 Å². The molecule has 0 radical (unpaired) electrons. The molecule has 1 amide bonds. The van der Waals surface area contributed by atoms with Crippen molar-refractivity contribution in [2.24, 2.45) is 0 Å². The van der Waals surface area contributed by atoms with E-state index in [1.807, 2.05) is 0 Å². The van der Waals surface area contributed by atoms with Crippen molar-refractivity contribution in [1.29, 1.82) is 0 Å². The van der Waals surface area contributed by atoms with Crippen molar-refractivity contribution in [3.63, 3.8) is 0 Å². The zero-order valence-electron chi connectivity index (χ0n) is 14.2. The van der Waals surface area contributed by atoms with Crippen molar-refractivity contribution in [3.05, 3.63) is 48.0 Å². The van der Waals surface area contributed by atoms with E-state index in [0.29, 0.717) is 17.2 Å². The molecule has 2 aromatic rings. The highest BCUT2D eigenvalue weighted by molar-refractivity contribution is 7.89. The summed E-state index contributed by atoms with van der Waals surface area (Å²) in [6.45, 7) is -0.414. The second-order valence-corrected chi connectivity index (χ2v) is 7.31. The smallest absolute Gasteiger partial charge is 0.338 e. The standard InChI is InChI=1S/C17H16N2O7S/c1-18-27(22,23)13-4-2-3-11(7-13)17(21)24-9-16(20)19-12-5-6-14-15(8-12)26-10-25-14/h2-8,18H,9-10H2,1H3,(H,19,20). The van der Waals surface area contributed by atoms with E-state index in [1.165, 1.54) is 31.3 Å². The fourth-order valence-electron chi connectivity index (χ4n) is 2.29. The summed E-state index contributed by atoms with van der Waals surface area (Å²) in [5.74, 6) is -0.284. The van der Waals surface area contributed by atoms with Crippen LogP contribution in [-0.2, 0) is 19.6 Å². The third kappa shape index (κ3) is 4.36. The van der Waals surface area contributed by atoms with Gasteiger partial charge < -0.3 is 19.5 Å². The molecule has 0 unspecified atom stereocenters. The van der Waals surface area contributed by atoms with Gasteiger partial charge in [0.05, 0.1) is 10.5 Å². The van der Waals surface area contributed by atoms with Crippen LogP contribution in [0.4, 0.5) is 5.69 Å². The SMILES string of the molecule is CNS(=O)(=O)c1cccc(C(=O)OCC(=O)Nc2ccc3c(c2)OCO3)c1. The minimum atomic E-state index is -3.69. The highest BCUT2D eigenvalue weighted by atomic mass is 32.2. The van der Waals surface area contributed by atoms with Crippen LogP contribution in [0, 0.1) is 0 Å². The fourth-order valence-corrected chi connectivity index (χ4v) is 3.07. The number of carbonyl (C=O) groups excluding carboxylic acids is 2. The zero-order chi connectivity index (χ0) is 19.4. The van der Waals surface area contributed by atoms with Gasteiger partial charge in [-0.25, -0.2) is 17.9 Å². The summed E-state index contributed by atoms with van der Waals surface area (Å²) in [4.78, 5) is 23.9. The maximum Gasteiger partial charge on any atom is 0.338 e. The van der Waals surface area contributed by atoms with Gasteiger partial charge in [0.2, 0.25) is 16.8 Å². The number of hydrogen-bond acceptors (Lipinski definition) is 7. The Bertz CT molecular complexity index is 989. The van der Waals surface area contributed by atoms with E-state index in [-0.39, 0.29) is 17.3 Å². The molecular weight excluding hydrogens is 376 g/mol. The van der Waals surface area contributed by atoms with Crippen molar-refractivity contribution in [2.75, 3.05) is 25.8 Å². The van der Waals surface area contributed by atoms with Crippen molar-refractivity contribution in [3.8, 4) is 11.5 Å². The van der Waals surface area contributed by atoms with E-state index >= 15 is 0 Å². The number of amides is 1. The molecular formula is C17H16N2O7S. The number of benzene rings is 2. The number of hydrogen-bond donors (Lipinski definition) is 2. The molecule has 0 saturated heterocycles. The lowest BCUT2D eigenvalue weighted by molar-refractivity contribution is -0.119. The molecule has 10 heteroatoms. The van der Waals surface area contributed by atoms with Gasteiger partial charge in [-0.3, -0.25) is 4.79 Å². The van der Waals surface area contributed by atoms with Crippen LogP contribution < -0.4 is 19.5 Å². The number of esters is 1. The van der Waals surface area contributed by atoms with Gasteiger partial charge in [-0.1, -0.05) is 6.07 Å². The van der Waals surface area contributed by atoms with E-state index in [0.717, 1.165) is 0 Å². The van der Waals surface area contributed by atoms with Gasteiger partial charge >= 0.3 is 5.97 Å². The summed E-state index contributed by atoms with van der Waals surface area (Å²) < 4.78 is 41.0. The molecule has 142 valence electrons. The predicted octanol–water partition coefficient (Wildman–Crippen LogP) is 1.12. The maximum absolute atomic E-state index is 12.1. The molecule has 2 aromatic carbocycles. The first kappa shape index (κ1) is 18.7. The summed E-state index contributed by atoms with van der Waals surface area (Å²) >= 11 is 0. The molecule has 0 spiro atoms. The first-order chi connectivity index (χ1) is 12.9. The van der Waals surface area contributed by atoms with Gasteiger partial charge in [0, 0.05) is 11.8 Å². The molecule has 2 N–H and O–H groups in total. The molecule has 0 fully saturated rings. The Morgan fingerprint density at radius 3 is 2.67 bits per heavy atom. The Kier molecular flexibility index (Phi) is 5.28. The molecule has 0 aliphatic carbocycles. The lowest BCUT2D eigenvalue weighted by Gasteiger charge is -2.08. The van der Waals surface area contributed by atoms with Crippen LogP contribution in [0.2, 0.25) is 0 Å². The number of fused-ring (bicyclic) bond motifs is 1. The number of ether oxygens (including phenoxy) is 3. The Morgan fingerprint density at radius 1 is 1.11 bits per heavy atom. The van der Waals surface area contributed by atoms with Gasteiger partial charge in [0.1, 0.15) is 0 Å². The van der Waals surface area contributed by atoms with Crippen molar-refractivity contribution < 1.29 is 32.2 Å². The van der Waals surface area contributed by atoms with Crippen LogP contribution >= 0.6 is 0 Å². The van der Waals surface area contributed by atoms with Gasteiger partial charge in [-0.2, -0.15) is 0 Å². The molecule has 0 bridgehead atoms. The first-order valence-corrected chi connectivity index (χ1v) is 9.27. The normalized spacial score (nSPS) is 12.5. The number of rotatable bonds is 6. The van der Waals surface area contributed by atoms with Gasteiger partial charge in [-0.15, -0.1) is 0 Å². The minimum Gasteiger partial charge on any atom is -0.454 e. The van der Waals surface area contributed by atoms with E-state index in [2.05, 4.69) is 10.0 Å². The minimum absolute atomic E-state index is 0.0159. The Morgan fingerprint density at radius 2 is 1.89 bits per heavy atom. The number of anilines is 1. The molecule has 1 heterocycles. The van der Waals surface area contributed by atoms with Crippen molar-refractivity contribution in [2.45, 2.75) is 4.90 Å². The quantitative estimate of drug-likeness (QED) is 0.707. The van der Waals surface area contributed by atoms with Crippen LogP contribution in [0.3, 0.4) is 0 Å². The lowest BCUT2D eigenvalue weighted by atomic mass is 10.2. The van der Waals surface area contributed by atoms with Crippen LogP contribution in [0.15, 0.2) is 47.4 Å². The summed E-state index contributed by atoms with van der Waals surface area (Å²) in [5, 5.41) is 2.57. The largest absolute Gasteiger partial charge is 0.454 e. The summed E-state index contributed by atoms with van der Waals surface area (Å²) in [6.07, 6.45) is 0. The van der Waals surface area contributed by atoms with E-state index in [4.69, 9.17) is 14.2 Å². The Hall–Kier alpha value is -3.11. The summed E-state index contributed by atoms with van der Waals surface area (Å²) in [6, 6.07) is 10.2. The van der Waals surface area contributed by atoms with Gasteiger partial charge in [-0.05, 0) is 37.4 Å². The highest BCUT2D eigenvalue weighted by Crippen LogP contribution is 2.34. The second-order valence-electron chi connectivity index (χ2n) is 5.43. The topological polar surface area (TPSA) is 120 Å². The molecule has 1 aliphatic heterocycles. The molecule has 0 atom stereocenters. The average Bonchev–Trinajstić information content (AvgIpc) is 3.14. The summed E-state index contributed by atoms with van der Waals surface area (Å²) in [5.41, 5.74) is 0.476. The predicted molar refractivity (Wildman–Crippen MR) is 94.2 cm³/mol. The monoisotopic (exact) mass is 392 g/mol. The third-order valence-electron chi connectivity index (χ3n) is 3.64. The first-order valence-electron chi connectivity index (χ1n) is 7.79. The molecule has 9 nitrogen and oxygen atoms in total. The molecule has 27 heavy (non-hydrogen) atoms. The average molecular weight is 392 g/mol. The fraction of sp³-hybridized carbons (Fsp3) is 0.176. The van der Waals surface area contributed by atoms with E-state index in [9.17, 15) is 18.0 Å². The zero-order valence-corrected chi connectivity index (χ0v) is 15.0. The number of carbonyl (C=O) groups is 2. The maximum atomic E-state index is 12.1. The van der Waals surface area contributed by atoms with Gasteiger partial charge in [0.15, 0.2) is 18.1 Å². The van der Waals surface area contributed by atoms with Crippen molar-refractivity contribution >= 4 is 27.6 Å². The molecule has 1 aliphatic rings. The number of sulfonamides is 1. The molecule has 0 saturated carbocycles. The Labute approximate surface area is 155 Å². The third-order valence-corrected chi connectivity index (χ3v) is 5.05. The van der Waals surface area contributed by atoms with Crippen LogP contribution in [0.25, 0.3) is 0 Å². The molecule has 0 aromatic heterocycles. The van der Waals surface area contributed by atoms with Crippen LogP contribution in [0.5, 0.6) is 11.5 Å². The van der Waals surface area contributed by atoms with Crippen molar-refractivity contribution in [1.82, 2.24) is 4.72 Å². The molecule has 3 rings (SSSR count). The summed E-state index contributed by atoms with van der Waals surface area (Å²) in [7, 11) is -2.43. The second kappa shape index (κ2) is 7.64. The van der Waals surface area contributed by atoms with Crippen LogP contribution in [-0.4, -0.2) is 40.7 Å².